The quantitative estimate of drug-likeness (QED) is 0.108. The van der Waals surface area contributed by atoms with Crippen molar-refractivity contribution in [3.8, 4) is 67.5 Å². The van der Waals surface area contributed by atoms with Crippen LogP contribution in [0.25, 0.3) is 88.4 Å². The summed E-state index contributed by atoms with van der Waals surface area (Å²) in [7, 11) is 0. The Morgan fingerprint density at radius 2 is 0.520 bits per heavy atom. The first kappa shape index (κ1) is 69.6. The molecule has 123 heavy (non-hydrogen) atoms. The average Bonchev–Trinajstić information content (AvgIpc) is 1.50. The minimum Gasteiger partial charge on any atom is -0.457 e. The molecule has 20 aromatic rings. The summed E-state index contributed by atoms with van der Waals surface area (Å²) in [5.74, 6) is 2.47. The second-order valence-electron chi connectivity index (χ2n) is 33.7. The largest absolute Gasteiger partial charge is 0.457 e. The zero-order valence-corrected chi connectivity index (χ0v) is 66.6. The van der Waals surface area contributed by atoms with Gasteiger partial charge in [0, 0.05) is 44.3 Å². The van der Waals surface area contributed by atoms with Crippen LogP contribution in [0.2, 0.25) is 0 Å². The molecule has 0 radical (unpaired) electrons. The normalized spacial score (nSPS) is 16.7. The number of benzene rings is 18. The highest BCUT2D eigenvalue weighted by Crippen LogP contribution is 2.66. The van der Waals surface area contributed by atoms with Gasteiger partial charge in [0.15, 0.2) is 11.2 Å². The molecule has 0 fully saturated rings. The van der Waals surface area contributed by atoms with E-state index in [1.165, 1.54) is 33.4 Å². The molecule has 8 heteroatoms. The summed E-state index contributed by atoms with van der Waals surface area (Å²) in [4.78, 5) is 4.82. The van der Waals surface area contributed by atoms with Gasteiger partial charge in [-0.05, 0) is 305 Å². The Kier molecular flexibility index (Phi) is 14.9. The number of nitrogens with zero attached hydrogens (tertiary/aromatic N) is 2. The highest BCUT2D eigenvalue weighted by Gasteiger charge is 2.54. The molecule has 0 saturated carbocycles. The summed E-state index contributed by atoms with van der Waals surface area (Å²) in [6.45, 7) is 0. The summed E-state index contributed by atoms with van der Waals surface area (Å²) in [5, 5.41) is 4.04. The monoisotopic (exact) mass is 1580 g/mol. The maximum absolute atomic E-state index is 15.7. The van der Waals surface area contributed by atoms with E-state index < -0.39 is 16.2 Å². The number of para-hydroxylation sites is 4. The molecule has 6 nitrogen and oxygen atoms in total. The van der Waals surface area contributed by atoms with Crippen LogP contribution in [0.1, 0.15) is 89.0 Å². The molecule has 0 N–H and O–H groups in total. The number of fused-ring (bicyclic) bond motifs is 24. The zero-order valence-electron chi connectivity index (χ0n) is 66.6. The molecule has 0 amide bonds. The Labute approximate surface area is 708 Å². The number of hydrogen-bond donors (Lipinski definition) is 0. The van der Waals surface area contributed by atoms with Gasteiger partial charge in [-0.1, -0.05) is 243 Å². The average molecular weight is 1580 g/mol. The maximum atomic E-state index is 15.7. The van der Waals surface area contributed by atoms with Gasteiger partial charge >= 0.3 is 0 Å². The van der Waals surface area contributed by atoms with Crippen LogP contribution in [-0.2, 0) is 41.9 Å². The molecule has 0 saturated heterocycles. The Bertz CT molecular complexity index is 7410. The first-order valence-electron chi connectivity index (χ1n) is 42.4. The number of rotatable bonds is 14. The number of hydrogen-bond acceptors (Lipinski definition) is 6. The standard InChI is InChI=1S/C115H72F2N2O4/c116-77-45-37-73(38-46-77)113(75-41-55-83(56-42-75)120-85-53-35-69-31-33-71(69)63-85)99-23-7-1-15-87(99)91-59-49-79(65-103(91)113)118(107-27-13-21-97-95-19-5-11-29-109(95)122-111(97)107)81-51-61-93-89-17-3-9-25-101(89)115(105(93)67-81)102-26-10-4-18-90(102)94-62-52-82(68-106(94)115)119(108-28-14-22-98-96-20-6-12-30-110(96)123-112(98)108)80-50-60-92-88-16-2-8-24-100(88)114(104(92)66-80,74-39-47-78(117)48-40-74)76-43-57-84(58-44-76)121-86-54-36-70-32-34-72(70)64-86/h1-30,35-68H,31-34H2. The molecule has 2 unspecified atom stereocenters. The Morgan fingerprint density at radius 1 is 0.228 bits per heavy atom. The van der Waals surface area contributed by atoms with Crippen molar-refractivity contribution >= 4 is 78.0 Å². The first-order chi connectivity index (χ1) is 60.7. The highest BCUT2D eigenvalue weighted by atomic mass is 19.1. The third kappa shape index (κ3) is 9.94. The lowest BCUT2D eigenvalue weighted by Crippen LogP contribution is -2.29. The minimum absolute atomic E-state index is 0.309. The molecule has 1 spiro atoms. The topological polar surface area (TPSA) is 51.2 Å². The number of furan rings is 2. The predicted molar refractivity (Wildman–Crippen MR) is 489 cm³/mol. The van der Waals surface area contributed by atoms with Crippen molar-refractivity contribution in [2.24, 2.45) is 0 Å². The number of ether oxygens (including phenoxy) is 2. The van der Waals surface area contributed by atoms with Crippen LogP contribution in [0, 0.1) is 11.6 Å². The molecule has 0 bridgehead atoms. The van der Waals surface area contributed by atoms with Gasteiger partial charge in [0.2, 0.25) is 0 Å². The van der Waals surface area contributed by atoms with Crippen molar-refractivity contribution in [1.82, 2.24) is 0 Å². The van der Waals surface area contributed by atoms with Crippen LogP contribution in [0.3, 0.4) is 0 Å². The van der Waals surface area contributed by atoms with Crippen molar-refractivity contribution in [2.75, 3.05) is 9.80 Å². The molecule has 580 valence electrons. The van der Waals surface area contributed by atoms with Crippen LogP contribution >= 0.6 is 0 Å². The third-order valence-corrected chi connectivity index (χ3v) is 27.7. The van der Waals surface area contributed by atoms with E-state index in [1.807, 2.05) is 36.4 Å². The fraction of sp³-hybridized carbons (Fsp3) is 0.0609. The highest BCUT2D eigenvalue weighted by molar-refractivity contribution is 6.13. The molecule has 2 heterocycles. The predicted octanol–water partition coefficient (Wildman–Crippen LogP) is 29.6. The van der Waals surface area contributed by atoms with Crippen molar-refractivity contribution in [2.45, 2.75) is 41.9 Å². The van der Waals surface area contributed by atoms with Crippen molar-refractivity contribution in [3.63, 3.8) is 0 Å². The molecule has 6 aliphatic rings. The van der Waals surface area contributed by atoms with E-state index in [0.717, 1.165) is 227 Å². The van der Waals surface area contributed by atoms with E-state index in [4.69, 9.17) is 18.3 Å². The van der Waals surface area contributed by atoms with Gasteiger partial charge in [0.05, 0.1) is 27.6 Å². The smallest absolute Gasteiger partial charge is 0.159 e. The lowest BCUT2D eigenvalue weighted by Gasteiger charge is -2.35. The van der Waals surface area contributed by atoms with E-state index in [-0.39, 0.29) is 11.6 Å². The van der Waals surface area contributed by atoms with E-state index in [1.54, 1.807) is 24.3 Å². The van der Waals surface area contributed by atoms with Gasteiger partial charge in [-0.2, -0.15) is 0 Å². The molecule has 2 aromatic heterocycles. The van der Waals surface area contributed by atoms with Crippen LogP contribution in [0.15, 0.2) is 397 Å². The second kappa shape index (κ2) is 26.3. The molecule has 2 atom stereocenters. The Hall–Kier alpha value is -15.4. The number of aryl methyl sites for hydroxylation is 4. The second-order valence-corrected chi connectivity index (χ2v) is 33.7. The zero-order chi connectivity index (χ0) is 81.0. The summed E-state index contributed by atoms with van der Waals surface area (Å²) >= 11 is 0. The fourth-order valence-corrected chi connectivity index (χ4v) is 22.1. The van der Waals surface area contributed by atoms with E-state index >= 15 is 8.78 Å². The van der Waals surface area contributed by atoms with E-state index in [0.29, 0.717) is 0 Å². The van der Waals surface area contributed by atoms with Gasteiger partial charge in [-0.15, -0.1) is 0 Å². The summed E-state index contributed by atoms with van der Waals surface area (Å²) < 4.78 is 59.2. The number of halogens is 2. The summed E-state index contributed by atoms with van der Waals surface area (Å²) in [6, 6.07) is 137. The molecule has 0 aliphatic heterocycles. The summed E-state index contributed by atoms with van der Waals surface area (Å²) in [5.41, 5.74) is 32.8. The number of anilines is 6. The lowest BCUT2D eigenvalue weighted by atomic mass is 9.67. The van der Waals surface area contributed by atoms with Gasteiger partial charge in [-0.25, -0.2) is 8.78 Å². The fourth-order valence-electron chi connectivity index (χ4n) is 22.1. The third-order valence-electron chi connectivity index (χ3n) is 27.7. The first-order valence-corrected chi connectivity index (χ1v) is 42.4. The van der Waals surface area contributed by atoms with Crippen molar-refractivity contribution in [3.05, 3.63) is 489 Å². The minimum atomic E-state index is -0.939. The molecular formula is C115H72F2N2O4. The SMILES string of the molecule is Fc1ccc(C2(c3ccc(Oc4ccc5c(c4)CC5)cc3)c3ccccc3-c3ccc(N(c4ccc5c(c4)C4(c6ccccc6-5)c5ccccc5-c5ccc(N(c6ccc7c(c6)C(c6ccc(F)cc6)(c6ccc(Oc8ccc9c(c8)CC9)cc6)c6ccccc6-7)c6cccc7c6oc6ccccc67)cc54)c4cccc5c4oc4ccccc45)cc32)cc1. The molecular weight excluding hydrogens is 1510 g/mol. The van der Waals surface area contributed by atoms with Crippen molar-refractivity contribution in [1.29, 1.82) is 0 Å². The Morgan fingerprint density at radius 3 is 0.870 bits per heavy atom. The van der Waals surface area contributed by atoms with Crippen LogP contribution in [0.4, 0.5) is 42.9 Å². The van der Waals surface area contributed by atoms with Gasteiger partial charge in [-0.3, -0.25) is 0 Å². The van der Waals surface area contributed by atoms with Gasteiger partial charge < -0.3 is 28.1 Å². The van der Waals surface area contributed by atoms with Crippen molar-refractivity contribution < 1.29 is 27.1 Å². The molecule has 18 aromatic carbocycles. The lowest BCUT2D eigenvalue weighted by molar-refractivity contribution is 0.480. The van der Waals surface area contributed by atoms with E-state index in [9.17, 15) is 0 Å². The van der Waals surface area contributed by atoms with Gasteiger partial charge in [0.25, 0.3) is 0 Å². The Balaban J connectivity index is 0.686. The molecule has 6 aliphatic carbocycles. The summed E-state index contributed by atoms with van der Waals surface area (Å²) in [6.07, 6.45) is 4.30. The maximum Gasteiger partial charge on any atom is 0.159 e. The molecule has 26 rings (SSSR count). The van der Waals surface area contributed by atoms with Gasteiger partial charge in [0.1, 0.15) is 45.8 Å². The van der Waals surface area contributed by atoms with Crippen LogP contribution in [0.5, 0.6) is 23.0 Å². The van der Waals surface area contributed by atoms with Crippen LogP contribution < -0.4 is 19.3 Å². The van der Waals surface area contributed by atoms with E-state index in [2.05, 4.69) is 337 Å². The van der Waals surface area contributed by atoms with Crippen LogP contribution in [-0.4, -0.2) is 0 Å².